The van der Waals surface area contributed by atoms with Gasteiger partial charge in [-0.2, -0.15) is 0 Å². The monoisotopic (exact) mass is 282 g/mol. The fourth-order valence-electron chi connectivity index (χ4n) is 2.96. The molecule has 1 amide bonds. The minimum absolute atomic E-state index is 0.296. The van der Waals surface area contributed by atoms with Crippen LogP contribution in [0.4, 0.5) is 0 Å². The number of amides is 1. The predicted octanol–water partition coefficient (Wildman–Crippen LogP) is 2.11. The fourth-order valence-corrected chi connectivity index (χ4v) is 2.96. The molecule has 4 heteroatoms. The van der Waals surface area contributed by atoms with Crippen molar-refractivity contribution in [2.75, 3.05) is 32.7 Å². The van der Waals surface area contributed by atoms with E-state index in [9.17, 15) is 4.79 Å². The van der Waals surface area contributed by atoms with Gasteiger partial charge in [0.1, 0.15) is 0 Å². The van der Waals surface area contributed by atoms with Crippen LogP contribution in [0.5, 0.6) is 0 Å². The Morgan fingerprint density at radius 3 is 2.15 bits per heavy atom. The van der Waals surface area contributed by atoms with Crippen LogP contribution in [0, 0.1) is 0 Å². The quantitative estimate of drug-likeness (QED) is 0.684. The van der Waals surface area contributed by atoms with E-state index < -0.39 is 0 Å². The Kier molecular flexibility index (Phi) is 8.15. The van der Waals surface area contributed by atoms with Crippen molar-refractivity contribution >= 4 is 5.91 Å². The van der Waals surface area contributed by atoms with Gasteiger partial charge in [0.25, 0.3) is 0 Å². The first-order chi connectivity index (χ1) is 9.60. The van der Waals surface area contributed by atoms with Crippen molar-refractivity contribution in [3.8, 4) is 0 Å². The molecule has 0 saturated carbocycles. The van der Waals surface area contributed by atoms with Gasteiger partial charge in [-0.3, -0.25) is 9.69 Å². The molecule has 1 heterocycles. The van der Waals surface area contributed by atoms with Crippen LogP contribution in [0.3, 0.4) is 0 Å². The van der Waals surface area contributed by atoms with Crippen molar-refractivity contribution in [3.63, 3.8) is 0 Å². The van der Waals surface area contributed by atoms with Gasteiger partial charge < -0.3 is 4.90 Å². The zero-order valence-electron chi connectivity index (χ0n) is 13.8. The third kappa shape index (κ3) is 5.41. The lowest BCUT2D eigenvalue weighted by molar-refractivity contribution is -0.133. The van der Waals surface area contributed by atoms with Crippen molar-refractivity contribution < 1.29 is 4.79 Å². The van der Waals surface area contributed by atoms with E-state index in [1.807, 2.05) is 4.90 Å². The van der Waals surface area contributed by atoms with Gasteiger partial charge in [0.2, 0.25) is 5.91 Å². The molecule has 0 N–H and O–H groups in total. The molecule has 0 aliphatic carbocycles. The molecule has 117 valence electrons. The molecule has 0 atom stereocenters. The van der Waals surface area contributed by atoms with Crippen LogP contribution >= 0.6 is 0 Å². The van der Waals surface area contributed by atoms with Gasteiger partial charge in [0.05, 0.1) is 6.54 Å². The Bertz CT molecular complexity index is 269. The Hall–Kier alpha value is -0.610. The molecule has 0 bridgehead atoms. The van der Waals surface area contributed by atoms with Gasteiger partial charge in [-0.05, 0) is 39.5 Å². The zero-order chi connectivity index (χ0) is 15.0. The number of carbonyl (C=O) groups is 1. The summed E-state index contributed by atoms with van der Waals surface area (Å²) >= 11 is 0. The average molecular weight is 282 g/mol. The normalized spacial score (nSPS) is 16.9. The third-order valence-electron chi connectivity index (χ3n) is 4.03. The maximum atomic E-state index is 12.5. The summed E-state index contributed by atoms with van der Waals surface area (Å²) in [6, 6.07) is 0.953. The third-order valence-corrected chi connectivity index (χ3v) is 4.03. The van der Waals surface area contributed by atoms with Gasteiger partial charge in [-0.1, -0.05) is 13.8 Å². The van der Waals surface area contributed by atoms with E-state index >= 15 is 0 Å². The first kappa shape index (κ1) is 17.4. The van der Waals surface area contributed by atoms with Gasteiger partial charge in [-0.15, -0.1) is 0 Å². The average Bonchev–Trinajstić information content (AvgIpc) is 2.45. The van der Waals surface area contributed by atoms with Crippen LogP contribution in [0.25, 0.3) is 0 Å². The molecular formula is C16H32N3O. The van der Waals surface area contributed by atoms with E-state index in [0.29, 0.717) is 24.5 Å². The van der Waals surface area contributed by atoms with E-state index in [4.69, 9.17) is 0 Å². The van der Waals surface area contributed by atoms with E-state index in [0.717, 1.165) is 51.9 Å². The molecule has 20 heavy (non-hydrogen) atoms. The van der Waals surface area contributed by atoms with Crippen LogP contribution in [0.1, 0.15) is 53.4 Å². The molecular weight excluding hydrogens is 250 g/mol. The highest BCUT2D eigenvalue weighted by atomic mass is 16.2. The molecule has 0 unspecified atom stereocenters. The topological polar surface area (TPSA) is 37.7 Å². The van der Waals surface area contributed by atoms with Crippen LogP contribution in [0.15, 0.2) is 0 Å². The number of nitrogens with zero attached hydrogens (tertiary/aromatic N) is 3. The van der Waals surface area contributed by atoms with Gasteiger partial charge >= 0.3 is 0 Å². The highest BCUT2D eigenvalue weighted by molar-refractivity contribution is 5.78. The molecule has 1 radical (unpaired) electrons. The summed E-state index contributed by atoms with van der Waals surface area (Å²) < 4.78 is 0. The number of piperidine rings is 1. The standard InChI is InChI=1S/C16H32N3O/c1-5-11-18(12-6-2)16(20)13-19(14(3)4)15-7-9-17-10-8-15/h14-15H,5-13H2,1-4H3. The van der Waals surface area contributed by atoms with Gasteiger partial charge in [0, 0.05) is 38.3 Å². The van der Waals surface area contributed by atoms with Crippen LogP contribution < -0.4 is 5.32 Å². The summed E-state index contributed by atoms with van der Waals surface area (Å²) in [7, 11) is 0. The summed E-state index contributed by atoms with van der Waals surface area (Å²) in [6.07, 6.45) is 4.28. The molecule has 0 aromatic heterocycles. The first-order valence-corrected chi connectivity index (χ1v) is 8.26. The molecule has 0 aromatic carbocycles. The van der Waals surface area contributed by atoms with E-state index in [1.165, 1.54) is 0 Å². The largest absolute Gasteiger partial charge is 0.342 e. The lowest BCUT2D eigenvalue weighted by Gasteiger charge is -2.37. The molecule has 1 saturated heterocycles. The van der Waals surface area contributed by atoms with Crippen molar-refractivity contribution in [1.82, 2.24) is 15.1 Å². The SMILES string of the molecule is CCCN(CCC)C(=O)CN(C(C)C)C1CC[N]CC1. The Morgan fingerprint density at radius 2 is 1.70 bits per heavy atom. The molecule has 0 spiro atoms. The lowest BCUT2D eigenvalue weighted by Crippen LogP contribution is -2.50. The van der Waals surface area contributed by atoms with E-state index in [-0.39, 0.29) is 0 Å². The van der Waals surface area contributed by atoms with Crippen LogP contribution in [-0.2, 0) is 4.79 Å². The summed E-state index contributed by atoms with van der Waals surface area (Å²) in [6.45, 7) is 12.9. The molecule has 1 fully saturated rings. The Morgan fingerprint density at radius 1 is 1.15 bits per heavy atom. The minimum Gasteiger partial charge on any atom is -0.342 e. The first-order valence-electron chi connectivity index (χ1n) is 8.26. The summed E-state index contributed by atoms with van der Waals surface area (Å²) in [5, 5.41) is 4.42. The maximum Gasteiger partial charge on any atom is 0.236 e. The Labute approximate surface area is 124 Å². The smallest absolute Gasteiger partial charge is 0.236 e. The van der Waals surface area contributed by atoms with Crippen molar-refractivity contribution in [1.29, 1.82) is 0 Å². The summed E-state index contributed by atoms with van der Waals surface area (Å²) in [5.74, 6) is 0.296. The highest BCUT2D eigenvalue weighted by Gasteiger charge is 2.26. The van der Waals surface area contributed by atoms with E-state index in [1.54, 1.807) is 0 Å². The molecule has 4 nitrogen and oxygen atoms in total. The maximum absolute atomic E-state index is 12.5. The van der Waals surface area contributed by atoms with E-state index in [2.05, 4.69) is 37.9 Å². The Balaban J connectivity index is 2.60. The second kappa shape index (κ2) is 9.35. The minimum atomic E-state index is 0.296. The number of hydrogen-bond donors (Lipinski definition) is 0. The number of carbonyl (C=O) groups excluding carboxylic acids is 1. The van der Waals surface area contributed by atoms with Crippen molar-refractivity contribution in [2.45, 2.75) is 65.5 Å². The number of rotatable bonds is 8. The van der Waals surface area contributed by atoms with Crippen LogP contribution in [-0.4, -0.2) is 60.5 Å². The molecule has 1 aliphatic heterocycles. The lowest BCUT2D eigenvalue weighted by atomic mass is 10.0. The number of hydrogen-bond acceptors (Lipinski definition) is 2. The van der Waals surface area contributed by atoms with Gasteiger partial charge in [0.15, 0.2) is 0 Å². The van der Waals surface area contributed by atoms with Crippen LogP contribution in [0.2, 0.25) is 0 Å². The molecule has 1 rings (SSSR count). The van der Waals surface area contributed by atoms with Gasteiger partial charge in [-0.25, -0.2) is 5.32 Å². The molecule has 0 aromatic rings. The molecule has 1 aliphatic rings. The summed E-state index contributed by atoms with van der Waals surface area (Å²) in [5.41, 5.74) is 0. The fraction of sp³-hybridized carbons (Fsp3) is 0.938. The van der Waals surface area contributed by atoms with Crippen molar-refractivity contribution in [2.24, 2.45) is 0 Å². The van der Waals surface area contributed by atoms with Crippen molar-refractivity contribution in [3.05, 3.63) is 0 Å². The second-order valence-corrected chi connectivity index (χ2v) is 6.05. The second-order valence-electron chi connectivity index (χ2n) is 6.05. The highest BCUT2D eigenvalue weighted by Crippen LogP contribution is 2.16. The predicted molar refractivity (Wildman–Crippen MR) is 83.9 cm³/mol. The summed E-state index contributed by atoms with van der Waals surface area (Å²) in [4.78, 5) is 17.0. The zero-order valence-corrected chi connectivity index (χ0v) is 13.8.